The zero-order valence-electron chi connectivity index (χ0n) is 14.8. The number of hydrogen-bond acceptors (Lipinski definition) is 4. The van der Waals surface area contributed by atoms with Crippen LogP contribution in [-0.4, -0.2) is 22.4 Å². The van der Waals surface area contributed by atoms with Crippen LogP contribution in [0.5, 0.6) is 5.75 Å². The molecule has 0 radical (unpaired) electrons. The Morgan fingerprint density at radius 2 is 1.93 bits per heavy atom. The minimum Gasteiger partial charge on any atom is -0.495 e. The molecule has 0 atom stereocenters. The Bertz CT molecular complexity index is 1150. The van der Waals surface area contributed by atoms with Crippen molar-refractivity contribution in [3.8, 4) is 17.0 Å². The van der Waals surface area contributed by atoms with Crippen LogP contribution >= 0.6 is 34.5 Å². The van der Waals surface area contributed by atoms with Gasteiger partial charge < -0.3 is 10.1 Å². The first-order valence-corrected chi connectivity index (χ1v) is 10.0. The molecule has 0 saturated carbocycles. The minimum absolute atomic E-state index is 0.165. The number of amides is 1. The van der Waals surface area contributed by atoms with Gasteiger partial charge in [-0.2, -0.15) is 0 Å². The maximum Gasteiger partial charge on any atom is 0.230 e. The van der Waals surface area contributed by atoms with Gasteiger partial charge in [-0.05, 0) is 30.3 Å². The van der Waals surface area contributed by atoms with Crippen molar-refractivity contribution in [1.29, 1.82) is 0 Å². The van der Waals surface area contributed by atoms with Crippen LogP contribution in [0.4, 0.5) is 5.69 Å². The van der Waals surface area contributed by atoms with Crippen LogP contribution in [0.2, 0.25) is 10.0 Å². The number of thiazole rings is 1. The number of fused-ring (bicyclic) bond motifs is 1. The van der Waals surface area contributed by atoms with E-state index >= 15 is 0 Å². The van der Waals surface area contributed by atoms with E-state index in [4.69, 9.17) is 27.9 Å². The zero-order chi connectivity index (χ0) is 19.7. The summed E-state index contributed by atoms with van der Waals surface area (Å²) in [5.41, 5.74) is 3.20. The molecule has 0 aliphatic carbocycles. The molecule has 0 spiro atoms. The van der Waals surface area contributed by atoms with Crippen LogP contribution < -0.4 is 10.1 Å². The van der Waals surface area contributed by atoms with Gasteiger partial charge in [0.2, 0.25) is 5.91 Å². The fourth-order valence-electron chi connectivity index (χ4n) is 2.85. The van der Waals surface area contributed by atoms with Crippen LogP contribution in [-0.2, 0) is 11.2 Å². The number of benzene rings is 2. The van der Waals surface area contributed by atoms with E-state index < -0.39 is 0 Å². The molecule has 4 rings (SSSR count). The Hall–Kier alpha value is -2.54. The highest BCUT2D eigenvalue weighted by molar-refractivity contribution is 7.15. The van der Waals surface area contributed by atoms with Gasteiger partial charge in [0, 0.05) is 32.9 Å². The molecule has 1 N–H and O–H groups in total. The molecular formula is C20H15Cl2N3O2S. The van der Waals surface area contributed by atoms with E-state index in [1.807, 2.05) is 40.2 Å². The number of carbonyl (C=O) groups is 1. The molecule has 8 heteroatoms. The molecule has 0 aliphatic heterocycles. The molecule has 2 aromatic heterocycles. The lowest BCUT2D eigenvalue weighted by Crippen LogP contribution is -2.15. The van der Waals surface area contributed by atoms with Gasteiger partial charge in [0.1, 0.15) is 5.75 Å². The number of imidazole rings is 1. The standard InChI is InChI=1S/C20H15Cl2N3O2S/c1-27-18-7-6-14(22)8-16(18)23-19(26)9-15-11-28-20-24-17(10-25(15)20)12-2-4-13(21)5-3-12/h2-8,10-11H,9H2,1H3,(H,23,26). The first-order chi connectivity index (χ1) is 13.5. The normalized spacial score (nSPS) is 11.0. The summed E-state index contributed by atoms with van der Waals surface area (Å²) in [5.74, 6) is 0.392. The summed E-state index contributed by atoms with van der Waals surface area (Å²) in [7, 11) is 1.55. The van der Waals surface area contributed by atoms with Crippen molar-refractivity contribution in [3.05, 3.63) is 69.8 Å². The molecule has 0 saturated heterocycles. The largest absolute Gasteiger partial charge is 0.495 e. The maximum absolute atomic E-state index is 12.6. The van der Waals surface area contributed by atoms with Crippen molar-refractivity contribution in [2.75, 3.05) is 12.4 Å². The van der Waals surface area contributed by atoms with Crippen LogP contribution in [0, 0.1) is 0 Å². The molecule has 5 nitrogen and oxygen atoms in total. The average molecular weight is 432 g/mol. The van der Waals surface area contributed by atoms with E-state index in [0.29, 0.717) is 21.5 Å². The number of carbonyl (C=O) groups excluding carboxylic acids is 1. The SMILES string of the molecule is COc1ccc(Cl)cc1NC(=O)Cc1csc2nc(-c3ccc(Cl)cc3)cn12. The summed E-state index contributed by atoms with van der Waals surface area (Å²) in [6, 6.07) is 12.6. The first kappa shape index (κ1) is 18.8. The van der Waals surface area contributed by atoms with E-state index in [9.17, 15) is 4.79 Å². The lowest BCUT2D eigenvalue weighted by atomic mass is 10.2. The Labute approximate surface area is 175 Å². The number of nitrogens with one attached hydrogen (secondary N) is 1. The third-order valence-corrected chi connectivity index (χ3v) is 5.58. The molecule has 4 aromatic rings. The predicted octanol–water partition coefficient (Wildman–Crippen LogP) is 5.56. The fourth-order valence-corrected chi connectivity index (χ4v) is 4.02. The van der Waals surface area contributed by atoms with E-state index in [2.05, 4.69) is 10.3 Å². The van der Waals surface area contributed by atoms with Gasteiger partial charge in [0.15, 0.2) is 4.96 Å². The van der Waals surface area contributed by atoms with Crippen molar-refractivity contribution in [3.63, 3.8) is 0 Å². The summed E-state index contributed by atoms with van der Waals surface area (Å²) in [6.07, 6.45) is 2.13. The molecular weight excluding hydrogens is 417 g/mol. The van der Waals surface area contributed by atoms with Crippen molar-refractivity contribution in [2.45, 2.75) is 6.42 Å². The van der Waals surface area contributed by atoms with E-state index in [0.717, 1.165) is 21.9 Å². The molecule has 2 heterocycles. The minimum atomic E-state index is -0.165. The third-order valence-electron chi connectivity index (χ3n) is 4.20. The van der Waals surface area contributed by atoms with Crippen molar-refractivity contribution in [2.24, 2.45) is 0 Å². The van der Waals surface area contributed by atoms with Crippen LogP contribution in [0.15, 0.2) is 54.0 Å². The molecule has 0 fully saturated rings. The number of aromatic nitrogens is 2. The highest BCUT2D eigenvalue weighted by Crippen LogP contribution is 2.28. The Kier molecular flexibility index (Phi) is 5.26. The van der Waals surface area contributed by atoms with E-state index in [1.165, 1.54) is 11.3 Å². The summed E-state index contributed by atoms with van der Waals surface area (Å²) in [5, 5.41) is 5.99. The van der Waals surface area contributed by atoms with Gasteiger partial charge in [0.25, 0.3) is 0 Å². The van der Waals surface area contributed by atoms with Crippen LogP contribution in [0.25, 0.3) is 16.2 Å². The molecule has 28 heavy (non-hydrogen) atoms. The van der Waals surface area contributed by atoms with E-state index in [1.54, 1.807) is 25.3 Å². The lowest BCUT2D eigenvalue weighted by molar-refractivity contribution is -0.115. The second-order valence-electron chi connectivity index (χ2n) is 6.08. The van der Waals surface area contributed by atoms with Crippen molar-refractivity contribution >= 4 is 51.1 Å². The fraction of sp³-hybridized carbons (Fsp3) is 0.100. The van der Waals surface area contributed by atoms with E-state index in [-0.39, 0.29) is 12.3 Å². The van der Waals surface area contributed by atoms with Crippen LogP contribution in [0.3, 0.4) is 0 Å². The van der Waals surface area contributed by atoms with Gasteiger partial charge in [-0.15, -0.1) is 11.3 Å². The number of methoxy groups -OCH3 is 1. The Balaban J connectivity index is 1.56. The number of ether oxygens (including phenoxy) is 1. The third kappa shape index (κ3) is 3.85. The molecule has 0 unspecified atom stereocenters. The van der Waals surface area contributed by atoms with Crippen molar-refractivity contribution in [1.82, 2.24) is 9.38 Å². The number of hydrogen-bond donors (Lipinski definition) is 1. The number of anilines is 1. The topological polar surface area (TPSA) is 55.6 Å². The molecule has 2 aromatic carbocycles. The zero-order valence-corrected chi connectivity index (χ0v) is 17.1. The first-order valence-electron chi connectivity index (χ1n) is 8.38. The highest BCUT2D eigenvalue weighted by atomic mass is 35.5. The molecule has 142 valence electrons. The smallest absolute Gasteiger partial charge is 0.230 e. The summed E-state index contributed by atoms with van der Waals surface area (Å²) in [4.78, 5) is 18.0. The highest BCUT2D eigenvalue weighted by Gasteiger charge is 2.14. The van der Waals surface area contributed by atoms with Gasteiger partial charge in [-0.3, -0.25) is 9.20 Å². The van der Waals surface area contributed by atoms with Gasteiger partial charge in [-0.25, -0.2) is 4.98 Å². The Morgan fingerprint density at radius 3 is 2.68 bits per heavy atom. The number of rotatable bonds is 5. The second-order valence-corrected chi connectivity index (χ2v) is 7.79. The molecule has 1 amide bonds. The second kappa shape index (κ2) is 7.83. The average Bonchev–Trinajstić information content (AvgIpc) is 3.24. The van der Waals surface area contributed by atoms with Crippen LogP contribution in [0.1, 0.15) is 5.69 Å². The van der Waals surface area contributed by atoms with Gasteiger partial charge in [0.05, 0.1) is 24.9 Å². The summed E-state index contributed by atoms with van der Waals surface area (Å²) >= 11 is 13.5. The maximum atomic E-state index is 12.6. The Morgan fingerprint density at radius 1 is 1.18 bits per heavy atom. The summed E-state index contributed by atoms with van der Waals surface area (Å²) < 4.78 is 7.21. The number of nitrogens with zero attached hydrogens (tertiary/aromatic N) is 2. The lowest BCUT2D eigenvalue weighted by Gasteiger charge is -2.10. The predicted molar refractivity (Wildman–Crippen MR) is 114 cm³/mol. The van der Waals surface area contributed by atoms with Gasteiger partial charge >= 0.3 is 0 Å². The van der Waals surface area contributed by atoms with Crippen molar-refractivity contribution < 1.29 is 9.53 Å². The molecule has 0 aliphatic rings. The van der Waals surface area contributed by atoms with Gasteiger partial charge in [-0.1, -0.05) is 35.3 Å². The summed E-state index contributed by atoms with van der Waals surface area (Å²) in [6.45, 7) is 0. The molecule has 0 bridgehead atoms. The number of halogens is 2. The monoisotopic (exact) mass is 431 g/mol. The quantitative estimate of drug-likeness (QED) is 0.449.